The van der Waals surface area contributed by atoms with Gasteiger partial charge in [0.1, 0.15) is 5.78 Å². The van der Waals surface area contributed by atoms with E-state index in [-0.39, 0.29) is 11.8 Å². The molecular weight excluding hydrogens is 186 g/mol. The van der Waals surface area contributed by atoms with Gasteiger partial charge >= 0.3 is 0 Å². The summed E-state index contributed by atoms with van der Waals surface area (Å²) in [6.45, 7) is 5.77. The second kappa shape index (κ2) is 8.18. The summed E-state index contributed by atoms with van der Waals surface area (Å²) in [6.07, 6.45) is 1.89. The summed E-state index contributed by atoms with van der Waals surface area (Å²) in [6, 6.07) is 9.44. The lowest BCUT2D eigenvalue weighted by atomic mass is 10.0. The van der Waals surface area contributed by atoms with Gasteiger partial charge in [0.15, 0.2) is 0 Å². The van der Waals surface area contributed by atoms with Gasteiger partial charge in [0, 0.05) is 0 Å². The molecule has 0 bridgehead atoms. The second-order valence-corrected chi connectivity index (χ2v) is 3.61. The molecule has 0 amide bonds. The Hall–Kier alpha value is -1.15. The number of Topliss-reactive ketones (excluding diaryl/α,β-unsaturated/α-hetero) is 1. The third kappa shape index (κ3) is 6.86. The third-order valence-corrected chi connectivity index (χ3v) is 1.82. The lowest BCUT2D eigenvalue weighted by molar-refractivity contribution is -0.118. The fourth-order valence-electron chi connectivity index (χ4n) is 1.01. The minimum atomic E-state index is -0.354. The fraction of sp³-hybridized carbons (Fsp3) is 0.462. The van der Waals surface area contributed by atoms with Crippen LogP contribution in [-0.2, 0) is 11.2 Å². The van der Waals surface area contributed by atoms with E-state index in [0.29, 0.717) is 6.42 Å². The van der Waals surface area contributed by atoms with Crippen molar-refractivity contribution >= 4 is 5.78 Å². The minimum absolute atomic E-state index is 0.0406. The molecule has 0 radical (unpaired) electrons. The Labute approximate surface area is 92.5 Å². The zero-order chi connectivity index (χ0) is 11.7. The number of nitrogens with two attached hydrogens (primary N) is 1. The average molecular weight is 207 g/mol. The molecule has 84 valence electrons. The number of rotatable bonds is 3. The number of ketones is 1. The zero-order valence-corrected chi connectivity index (χ0v) is 9.86. The van der Waals surface area contributed by atoms with Crippen LogP contribution in [0.5, 0.6) is 0 Å². The van der Waals surface area contributed by atoms with Gasteiger partial charge < -0.3 is 5.73 Å². The highest BCUT2D eigenvalue weighted by Gasteiger charge is 2.07. The highest BCUT2D eigenvalue weighted by atomic mass is 16.1. The molecule has 2 heteroatoms. The predicted octanol–water partition coefficient (Wildman–Crippen LogP) is 2.56. The normalized spacial score (nSPS) is 11.2. The molecule has 0 spiro atoms. The Balaban J connectivity index is 0.000000583. The summed E-state index contributed by atoms with van der Waals surface area (Å²) in [5.41, 5.74) is 6.71. The molecule has 15 heavy (non-hydrogen) atoms. The lowest BCUT2D eigenvalue weighted by Gasteiger charge is -2.06. The molecule has 0 aromatic heterocycles. The molecule has 2 N–H and O–H groups in total. The van der Waals surface area contributed by atoms with E-state index in [1.807, 2.05) is 30.3 Å². The molecule has 0 fully saturated rings. The molecule has 1 rings (SSSR count). The highest BCUT2D eigenvalue weighted by molar-refractivity contribution is 5.81. The molecule has 0 heterocycles. The lowest BCUT2D eigenvalue weighted by Crippen LogP contribution is -2.30. The smallest absolute Gasteiger partial charge is 0.146 e. The Kier molecular flexibility index (Phi) is 7.56. The Morgan fingerprint density at radius 1 is 1.27 bits per heavy atom. The van der Waals surface area contributed by atoms with Crippen molar-refractivity contribution < 1.29 is 4.79 Å². The van der Waals surface area contributed by atoms with E-state index in [1.54, 1.807) is 0 Å². The van der Waals surface area contributed by atoms with E-state index in [4.69, 9.17) is 5.73 Å². The SMILES string of the molecule is CC(=O)[C@@H](N)Cc1ccccc1.CCC. The van der Waals surface area contributed by atoms with Crippen LogP contribution in [0.2, 0.25) is 0 Å². The van der Waals surface area contributed by atoms with Crippen LogP contribution in [0.3, 0.4) is 0 Å². The summed E-state index contributed by atoms with van der Waals surface area (Å²) in [5.74, 6) is 0.0406. The van der Waals surface area contributed by atoms with Crippen molar-refractivity contribution in [2.24, 2.45) is 5.73 Å². The van der Waals surface area contributed by atoms with Gasteiger partial charge in [-0.05, 0) is 18.9 Å². The minimum Gasteiger partial charge on any atom is -0.321 e. The molecule has 0 unspecified atom stereocenters. The van der Waals surface area contributed by atoms with Gasteiger partial charge in [-0.2, -0.15) is 0 Å². The van der Waals surface area contributed by atoms with E-state index < -0.39 is 0 Å². The number of carbonyl (C=O) groups is 1. The quantitative estimate of drug-likeness (QED) is 0.827. The van der Waals surface area contributed by atoms with Crippen LogP contribution in [0.1, 0.15) is 32.8 Å². The van der Waals surface area contributed by atoms with Gasteiger partial charge in [0.05, 0.1) is 6.04 Å². The van der Waals surface area contributed by atoms with Crippen LogP contribution < -0.4 is 5.73 Å². The number of hydrogen-bond donors (Lipinski definition) is 1. The Bertz CT molecular complexity index is 269. The zero-order valence-electron chi connectivity index (χ0n) is 9.86. The summed E-state index contributed by atoms with van der Waals surface area (Å²) in [5, 5.41) is 0. The van der Waals surface area contributed by atoms with Crippen LogP contribution in [0, 0.1) is 0 Å². The van der Waals surface area contributed by atoms with Gasteiger partial charge in [0.25, 0.3) is 0 Å². The number of hydrogen-bond acceptors (Lipinski definition) is 2. The van der Waals surface area contributed by atoms with E-state index >= 15 is 0 Å². The van der Waals surface area contributed by atoms with Gasteiger partial charge in [-0.1, -0.05) is 50.6 Å². The van der Waals surface area contributed by atoms with Gasteiger partial charge in [-0.25, -0.2) is 0 Å². The predicted molar refractivity (Wildman–Crippen MR) is 64.8 cm³/mol. The molecule has 0 saturated carbocycles. The van der Waals surface area contributed by atoms with E-state index in [2.05, 4.69) is 13.8 Å². The largest absolute Gasteiger partial charge is 0.321 e. The second-order valence-electron chi connectivity index (χ2n) is 3.61. The fourth-order valence-corrected chi connectivity index (χ4v) is 1.01. The molecule has 0 aliphatic heterocycles. The van der Waals surface area contributed by atoms with Crippen molar-refractivity contribution in [3.63, 3.8) is 0 Å². The maximum absolute atomic E-state index is 10.8. The molecule has 1 atom stereocenters. The van der Waals surface area contributed by atoms with Gasteiger partial charge in [0.2, 0.25) is 0 Å². The standard InChI is InChI=1S/C10H13NO.C3H8/c1-8(12)10(11)7-9-5-3-2-4-6-9;1-3-2/h2-6,10H,7,11H2,1H3;3H2,1-2H3/t10-;/m0./s1. The molecule has 1 aromatic rings. The maximum atomic E-state index is 10.8. The van der Waals surface area contributed by atoms with Crippen LogP contribution in [0.15, 0.2) is 30.3 Å². The van der Waals surface area contributed by atoms with Crippen LogP contribution in [0.25, 0.3) is 0 Å². The number of benzene rings is 1. The molecular formula is C13H21NO. The summed E-state index contributed by atoms with van der Waals surface area (Å²) in [4.78, 5) is 10.8. The first-order valence-electron chi connectivity index (χ1n) is 5.41. The molecule has 1 aromatic carbocycles. The summed E-state index contributed by atoms with van der Waals surface area (Å²) >= 11 is 0. The Morgan fingerprint density at radius 3 is 2.13 bits per heavy atom. The monoisotopic (exact) mass is 207 g/mol. The van der Waals surface area contributed by atoms with Gasteiger partial charge in [-0.3, -0.25) is 4.79 Å². The van der Waals surface area contributed by atoms with Crippen LogP contribution >= 0.6 is 0 Å². The first-order valence-corrected chi connectivity index (χ1v) is 5.41. The molecule has 0 saturated heterocycles. The summed E-state index contributed by atoms with van der Waals surface area (Å²) in [7, 11) is 0. The van der Waals surface area contributed by atoms with Crippen molar-refractivity contribution in [2.75, 3.05) is 0 Å². The average Bonchev–Trinajstić information content (AvgIpc) is 2.20. The van der Waals surface area contributed by atoms with Crippen molar-refractivity contribution in [1.29, 1.82) is 0 Å². The maximum Gasteiger partial charge on any atom is 0.146 e. The highest BCUT2D eigenvalue weighted by Crippen LogP contribution is 2.01. The molecule has 0 aliphatic carbocycles. The van der Waals surface area contributed by atoms with Crippen molar-refractivity contribution in [1.82, 2.24) is 0 Å². The third-order valence-electron chi connectivity index (χ3n) is 1.82. The Morgan fingerprint density at radius 2 is 1.73 bits per heavy atom. The molecule has 0 aliphatic rings. The van der Waals surface area contributed by atoms with Crippen molar-refractivity contribution in [3.05, 3.63) is 35.9 Å². The molecule has 2 nitrogen and oxygen atoms in total. The van der Waals surface area contributed by atoms with E-state index in [9.17, 15) is 4.79 Å². The van der Waals surface area contributed by atoms with E-state index in [0.717, 1.165) is 5.56 Å². The van der Waals surface area contributed by atoms with E-state index in [1.165, 1.54) is 13.3 Å². The first-order chi connectivity index (χ1) is 7.11. The van der Waals surface area contributed by atoms with Crippen LogP contribution in [-0.4, -0.2) is 11.8 Å². The van der Waals surface area contributed by atoms with Crippen LogP contribution in [0.4, 0.5) is 0 Å². The van der Waals surface area contributed by atoms with Crippen molar-refractivity contribution in [2.45, 2.75) is 39.7 Å². The van der Waals surface area contributed by atoms with Gasteiger partial charge in [-0.15, -0.1) is 0 Å². The summed E-state index contributed by atoms with van der Waals surface area (Å²) < 4.78 is 0. The topological polar surface area (TPSA) is 43.1 Å². The number of carbonyl (C=O) groups excluding carboxylic acids is 1. The first kappa shape index (κ1) is 13.8. The van der Waals surface area contributed by atoms with Crippen molar-refractivity contribution in [3.8, 4) is 0 Å².